The summed E-state index contributed by atoms with van der Waals surface area (Å²) in [6, 6.07) is 10.3. The van der Waals surface area contributed by atoms with E-state index < -0.39 is 0 Å². The molecule has 0 aliphatic carbocycles. The molecule has 0 saturated carbocycles. The maximum Gasteiger partial charge on any atom is 0.0761 e. The summed E-state index contributed by atoms with van der Waals surface area (Å²) in [6.45, 7) is 3.00. The van der Waals surface area contributed by atoms with Crippen LogP contribution in [0.4, 0.5) is 0 Å². The molecule has 1 aromatic heterocycles. The minimum atomic E-state index is 0.158. The molecule has 1 unspecified atom stereocenters. The second-order valence-corrected chi connectivity index (χ2v) is 8.01. The minimum Gasteiger partial charge on any atom is -0.306 e. The van der Waals surface area contributed by atoms with Crippen molar-refractivity contribution in [2.75, 3.05) is 6.54 Å². The lowest BCUT2D eigenvalue weighted by Crippen LogP contribution is -2.21. The van der Waals surface area contributed by atoms with Crippen LogP contribution < -0.4 is 5.32 Å². The zero-order valence-corrected chi connectivity index (χ0v) is 14.5. The third-order valence-corrected chi connectivity index (χ3v) is 5.21. The lowest BCUT2D eigenvalue weighted by Gasteiger charge is -2.18. The van der Waals surface area contributed by atoms with Gasteiger partial charge in [0.15, 0.2) is 0 Å². The fourth-order valence-electron chi connectivity index (χ4n) is 1.85. The highest BCUT2D eigenvalue weighted by atomic mass is 79.9. The summed E-state index contributed by atoms with van der Waals surface area (Å²) in [4.78, 5) is 0. The molecule has 1 aromatic carbocycles. The van der Waals surface area contributed by atoms with Crippen molar-refractivity contribution in [3.63, 3.8) is 0 Å². The fraction of sp³-hybridized carbons (Fsp3) is 0.231. The highest BCUT2D eigenvalue weighted by Gasteiger charge is 2.18. The summed E-state index contributed by atoms with van der Waals surface area (Å²) in [5, 5.41) is 4.26. The van der Waals surface area contributed by atoms with Gasteiger partial charge in [-0.15, -0.1) is 11.3 Å². The number of hydrogen-bond donors (Lipinski definition) is 1. The molecule has 0 radical (unpaired) electrons. The Labute approximate surface area is 133 Å². The summed E-state index contributed by atoms with van der Waals surface area (Å²) in [7, 11) is 0. The van der Waals surface area contributed by atoms with Crippen LogP contribution in [0.15, 0.2) is 37.9 Å². The van der Waals surface area contributed by atoms with E-state index in [1.807, 2.05) is 18.2 Å². The molecule has 0 saturated heterocycles. The molecular formula is C13H12Br2ClNS. The lowest BCUT2D eigenvalue weighted by atomic mass is 10.0. The van der Waals surface area contributed by atoms with Crippen molar-refractivity contribution in [3.05, 3.63) is 54.1 Å². The van der Waals surface area contributed by atoms with E-state index in [9.17, 15) is 0 Å². The van der Waals surface area contributed by atoms with Gasteiger partial charge in [-0.05, 0) is 67.7 Å². The molecular weight excluding hydrogens is 397 g/mol. The van der Waals surface area contributed by atoms with Crippen LogP contribution >= 0.6 is 54.8 Å². The van der Waals surface area contributed by atoms with Crippen LogP contribution in [-0.2, 0) is 0 Å². The first-order valence-electron chi connectivity index (χ1n) is 5.55. The van der Waals surface area contributed by atoms with Gasteiger partial charge < -0.3 is 5.32 Å². The van der Waals surface area contributed by atoms with Crippen LogP contribution in [0.2, 0.25) is 5.02 Å². The smallest absolute Gasteiger partial charge is 0.0761 e. The van der Waals surface area contributed by atoms with Crippen molar-refractivity contribution < 1.29 is 0 Å². The van der Waals surface area contributed by atoms with E-state index >= 15 is 0 Å². The van der Waals surface area contributed by atoms with Gasteiger partial charge in [-0.2, -0.15) is 0 Å². The number of nitrogens with one attached hydrogen (secondary N) is 1. The van der Waals surface area contributed by atoms with Gasteiger partial charge in [0.05, 0.1) is 13.6 Å². The van der Waals surface area contributed by atoms with Crippen molar-refractivity contribution in [1.29, 1.82) is 0 Å². The van der Waals surface area contributed by atoms with Crippen molar-refractivity contribution in [2.45, 2.75) is 13.0 Å². The third kappa shape index (κ3) is 3.36. The molecule has 0 aliphatic rings. The Balaban J connectivity index is 2.42. The van der Waals surface area contributed by atoms with Crippen molar-refractivity contribution in [2.24, 2.45) is 0 Å². The summed E-state index contributed by atoms with van der Waals surface area (Å²) in [6.07, 6.45) is 0. The average Bonchev–Trinajstić information content (AvgIpc) is 2.65. The molecule has 1 atom stereocenters. The zero-order valence-electron chi connectivity index (χ0n) is 9.71. The quantitative estimate of drug-likeness (QED) is 0.690. The van der Waals surface area contributed by atoms with Gasteiger partial charge in [0.1, 0.15) is 0 Å². The van der Waals surface area contributed by atoms with Gasteiger partial charge in [-0.25, -0.2) is 0 Å². The first-order chi connectivity index (χ1) is 8.61. The van der Waals surface area contributed by atoms with Crippen molar-refractivity contribution in [3.8, 4) is 0 Å². The Kier molecular flexibility index (Phi) is 5.27. The summed E-state index contributed by atoms with van der Waals surface area (Å²) < 4.78 is 2.26. The van der Waals surface area contributed by atoms with E-state index in [0.29, 0.717) is 0 Å². The Bertz CT molecular complexity index is 542. The van der Waals surface area contributed by atoms with E-state index in [0.717, 1.165) is 19.1 Å². The lowest BCUT2D eigenvalue weighted by molar-refractivity contribution is 0.630. The van der Waals surface area contributed by atoms with Crippen molar-refractivity contribution >= 4 is 54.8 Å². The number of benzene rings is 1. The van der Waals surface area contributed by atoms with Gasteiger partial charge in [-0.1, -0.05) is 30.7 Å². The zero-order chi connectivity index (χ0) is 13.1. The molecule has 18 heavy (non-hydrogen) atoms. The molecule has 1 N–H and O–H groups in total. The monoisotopic (exact) mass is 407 g/mol. The van der Waals surface area contributed by atoms with Gasteiger partial charge in [0, 0.05) is 5.02 Å². The van der Waals surface area contributed by atoms with Crippen LogP contribution in [0.25, 0.3) is 0 Å². The van der Waals surface area contributed by atoms with Gasteiger partial charge in [0.25, 0.3) is 0 Å². The molecule has 1 nitrogen and oxygen atoms in total. The SMILES string of the molecule is CCNC(c1cccc(Cl)c1)c1cc(Br)sc1Br. The number of halogens is 3. The Morgan fingerprint density at radius 3 is 2.67 bits per heavy atom. The third-order valence-electron chi connectivity index (χ3n) is 2.58. The van der Waals surface area contributed by atoms with Crippen LogP contribution in [0.3, 0.4) is 0 Å². The Hall–Kier alpha value is 0.130. The van der Waals surface area contributed by atoms with Crippen LogP contribution in [0.5, 0.6) is 0 Å². The summed E-state index contributed by atoms with van der Waals surface area (Å²) in [5.74, 6) is 0. The van der Waals surface area contributed by atoms with Crippen molar-refractivity contribution in [1.82, 2.24) is 5.32 Å². The summed E-state index contributed by atoms with van der Waals surface area (Å²) >= 11 is 14.9. The molecule has 0 aliphatic heterocycles. The molecule has 96 valence electrons. The molecule has 2 rings (SSSR count). The molecule has 0 spiro atoms. The number of thiophene rings is 1. The molecule has 0 fully saturated rings. The Morgan fingerprint density at radius 2 is 2.11 bits per heavy atom. The van der Waals surface area contributed by atoms with E-state index in [-0.39, 0.29) is 6.04 Å². The van der Waals surface area contributed by atoms with Gasteiger partial charge in [0.2, 0.25) is 0 Å². The van der Waals surface area contributed by atoms with Gasteiger partial charge >= 0.3 is 0 Å². The average molecular weight is 410 g/mol. The minimum absolute atomic E-state index is 0.158. The Morgan fingerprint density at radius 1 is 1.33 bits per heavy atom. The first-order valence-corrected chi connectivity index (χ1v) is 8.33. The number of hydrogen-bond acceptors (Lipinski definition) is 2. The first kappa shape index (κ1) is 14.5. The fourth-order valence-corrected chi connectivity index (χ4v) is 4.95. The maximum atomic E-state index is 6.08. The number of rotatable bonds is 4. The molecule has 1 heterocycles. The molecule has 0 amide bonds. The topological polar surface area (TPSA) is 12.0 Å². The van der Waals surface area contributed by atoms with Crippen LogP contribution in [0, 0.1) is 0 Å². The molecule has 5 heteroatoms. The molecule has 0 bridgehead atoms. The predicted octanol–water partition coefficient (Wildman–Crippen LogP) is 5.63. The van der Waals surface area contributed by atoms with E-state index in [2.05, 4.69) is 56.2 Å². The maximum absolute atomic E-state index is 6.08. The van der Waals surface area contributed by atoms with Gasteiger partial charge in [-0.3, -0.25) is 0 Å². The standard InChI is InChI=1S/C13H12Br2ClNS/c1-2-17-12(8-4-3-5-9(16)6-8)10-7-11(14)18-13(10)15/h3-7,12,17H,2H2,1H3. The van der Waals surface area contributed by atoms with Crippen LogP contribution in [0.1, 0.15) is 24.1 Å². The highest BCUT2D eigenvalue weighted by Crippen LogP contribution is 2.38. The second kappa shape index (κ2) is 6.53. The molecule has 2 aromatic rings. The second-order valence-electron chi connectivity index (χ2n) is 3.83. The normalized spacial score (nSPS) is 12.7. The summed E-state index contributed by atoms with van der Waals surface area (Å²) in [5.41, 5.74) is 2.41. The van der Waals surface area contributed by atoms with Crippen LogP contribution in [-0.4, -0.2) is 6.54 Å². The largest absolute Gasteiger partial charge is 0.306 e. The van der Waals surface area contributed by atoms with E-state index in [1.165, 1.54) is 11.1 Å². The van der Waals surface area contributed by atoms with E-state index in [4.69, 9.17) is 11.6 Å². The van der Waals surface area contributed by atoms with E-state index in [1.54, 1.807) is 11.3 Å². The highest BCUT2D eigenvalue weighted by molar-refractivity contribution is 9.12. The predicted molar refractivity (Wildman–Crippen MR) is 86.7 cm³/mol.